The Morgan fingerprint density at radius 2 is 2.00 bits per heavy atom. The number of rotatable bonds is 4. The van der Waals surface area contributed by atoms with Gasteiger partial charge >= 0.3 is 0 Å². The fourth-order valence-corrected chi connectivity index (χ4v) is 3.61. The first-order valence-electron chi connectivity index (χ1n) is 8.09. The Balaban J connectivity index is 1.77. The topological polar surface area (TPSA) is 67.2 Å². The molecule has 1 aromatic carbocycles. The Kier molecular flexibility index (Phi) is 5.08. The molecule has 1 N–H and O–H groups in total. The molecule has 0 atom stereocenters. The number of carbonyl (C=O) groups is 2. The van der Waals surface area contributed by atoms with E-state index in [1.54, 1.807) is 19.3 Å². The number of nitrogens with zero attached hydrogens (tertiary/aromatic N) is 3. The molecule has 0 bridgehead atoms. The smallest absolute Gasteiger partial charge is 0.271 e. The second kappa shape index (κ2) is 7.29. The second-order valence-corrected chi connectivity index (χ2v) is 6.96. The summed E-state index contributed by atoms with van der Waals surface area (Å²) in [7, 11) is 3.45. The van der Waals surface area contributed by atoms with Gasteiger partial charge in [-0.15, -0.1) is 0 Å². The Hall–Kier alpha value is -2.67. The third kappa shape index (κ3) is 3.48. The van der Waals surface area contributed by atoms with Crippen LogP contribution in [0.25, 0.3) is 10.9 Å². The molecule has 0 aliphatic rings. The predicted molar refractivity (Wildman–Crippen MR) is 105 cm³/mol. The van der Waals surface area contributed by atoms with Gasteiger partial charge in [0.25, 0.3) is 5.91 Å². The van der Waals surface area contributed by atoms with Gasteiger partial charge < -0.3 is 14.8 Å². The van der Waals surface area contributed by atoms with Crippen molar-refractivity contribution in [1.29, 1.82) is 0 Å². The normalized spacial score (nSPS) is 10.8. The first-order chi connectivity index (χ1) is 12.4. The van der Waals surface area contributed by atoms with E-state index in [2.05, 4.69) is 26.2 Å². The number of benzene rings is 1. The number of para-hydroxylation sites is 1. The van der Waals surface area contributed by atoms with Gasteiger partial charge in [0.1, 0.15) is 11.5 Å². The van der Waals surface area contributed by atoms with Crippen LogP contribution in [0.4, 0.5) is 5.82 Å². The molecule has 0 saturated carbocycles. The van der Waals surface area contributed by atoms with E-state index >= 15 is 0 Å². The van der Waals surface area contributed by atoms with Gasteiger partial charge in [0.05, 0.1) is 11.0 Å². The van der Waals surface area contributed by atoms with Gasteiger partial charge in [0.2, 0.25) is 5.91 Å². The third-order valence-corrected chi connectivity index (χ3v) is 4.96. The average molecular weight is 415 g/mol. The maximum Gasteiger partial charge on any atom is 0.271 e. The fraction of sp³-hybridized carbons (Fsp3) is 0.211. The van der Waals surface area contributed by atoms with E-state index in [-0.39, 0.29) is 18.4 Å². The molecule has 0 radical (unpaired) electrons. The number of nitrogens with one attached hydrogen (secondary N) is 1. The molecule has 2 aromatic heterocycles. The summed E-state index contributed by atoms with van der Waals surface area (Å²) >= 11 is 3.52. The van der Waals surface area contributed by atoms with E-state index in [9.17, 15) is 9.59 Å². The van der Waals surface area contributed by atoms with Crippen LogP contribution in [0.15, 0.2) is 47.1 Å². The highest BCUT2D eigenvalue weighted by Crippen LogP contribution is 2.30. The quantitative estimate of drug-likeness (QED) is 0.711. The van der Waals surface area contributed by atoms with E-state index in [0.717, 1.165) is 20.9 Å². The van der Waals surface area contributed by atoms with Crippen LogP contribution >= 0.6 is 15.9 Å². The first-order valence-corrected chi connectivity index (χ1v) is 8.88. The molecule has 6 nitrogen and oxygen atoms in total. The molecule has 0 saturated heterocycles. The summed E-state index contributed by atoms with van der Waals surface area (Å²) < 4.78 is 2.56. The molecule has 2 amide bonds. The molecule has 134 valence electrons. The zero-order valence-corrected chi connectivity index (χ0v) is 16.4. The van der Waals surface area contributed by atoms with Gasteiger partial charge in [0, 0.05) is 31.2 Å². The highest BCUT2D eigenvalue weighted by atomic mass is 79.9. The zero-order chi connectivity index (χ0) is 18.8. The lowest BCUT2D eigenvalue weighted by molar-refractivity contribution is -0.116. The Morgan fingerprint density at radius 1 is 1.27 bits per heavy atom. The van der Waals surface area contributed by atoms with Crippen molar-refractivity contribution >= 4 is 44.5 Å². The SMILES string of the molecule is Cc1ccnc(NC(=O)CN(C)C(=O)c2c(Br)c3ccccc3n2C)c1. The standard InChI is InChI=1S/C19H19BrN4O2/c1-12-8-9-21-15(10-12)22-16(25)11-23(2)19(26)18-17(20)13-6-4-5-7-14(13)24(18)3/h4-10H,11H2,1-3H3,(H,21,22,25). The Morgan fingerprint density at radius 3 is 2.69 bits per heavy atom. The molecule has 3 rings (SSSR count). The summed E-state index contributed by atoms with van der Waals surface area (Å²) in [5.74, 6) is -0.0570. The van der Waals surface area contributed by atoms with E-state index < -0.39 is 0 Å². The molecule has 3 aromatic rings. The van der Waals surface area contributed by atoms with Crippen molar-refractivity contribution in [3.63, 3.8) is 0 Å². The van der Waals surface area contributed by atoms with Crippen LogP contribution in [0.2, 0.25) is 0 Å². The van der Waals surface area contributed by atoms with Crippen LogP contribution in [-0.2, 0) is 11.8 Å². The van der Waals surface area contributed by atoms with Crippen molar-refractivity contribution in [2.75, 3.05) is 18.9 Å². The van der Waals surface area contributed by atoms with Crippen molar-refractivity contribution in [2.24, 2.45) is 7.05 Å². The Labute approximate surface area is 159 Å². The summed E-state index contributed by atoms with van der Waals surface area (Å²) in [6.07, 6.45) is 1.63. The number of carbonyl (C=O) groups excluding carboxylic acids is 2. The number of likely N-dealkylation sites (N-methyl/N-ethyl adjacent to an activating group) is 1. The molecular formula is C19H19BrN4O2. The summed E-state index contributed by atoms with van der Waals surface area (Å²) in [5, 5.41) is 3.67. The summed E-state index contributed by atoms with van der Waals surface area (Å²) in [5.41, 5.74) is 2.46. The van der Waals surface area contributed by atoms with Gasteiger partial charge in [-0.3, -0.25) is 9.59 Å². The number of aromatic nitrogens is 2. The van der Waals surface area contributed by atoms with Gasteiger partial charge in [-0.05, 0) is 46.6 Å². The minimum atomic E-state index is -0.297. The van der Waals surface area contributed by atoms with Crippen molar-refractivity contribution < 1.29 is 9.59 Å². The number of amides is 2. The van der Waals surface area contributed by atoms with Gasteiger partial charge in [0.15, 0.2) is 0 Å². The van der Waals surface area contributed by atoms with E-state index in [1.807, 2.05) is 48.9 Å². The van der Waals surface area contributed by atoms with Crippen LogP contribution in [0, 0.1) is 6.92 Å². The number of hydrogen-bond acceptors (Lipinski definition) is 3. The molecule has 0 fully saturated rings. The lowest BCUT2D eigenvalue weighted by Crippen LogP contribution is -2.36. The highest BCUT2D eigenvalue weighted by Gasteiger charge is 2.23. The largest absolute Gasteiger partial charge is 0.339 e. The van der Waals surface area contributed by atoms with Crippen molar-refractivity contribution in [3.05, 3.63) is 58.3 Å². The summed E-state index contributed by atoms with van der Waals surface area (Å²) in [6.45, 7) is 1.85. The predicted octanol–water partition coefficient (Wildman–Crippen LogP) is 3.35. The zero-order valence-electron chi connectivity index (χ0n) is 14.8. The number of aryl methyl sites for hydroxylation is 2. The molecule has 0 unspecified atom stereocenters. The number of anilines is 1. The maximum atomic E-state index is 12.9. The van der Waals surface area contributed by atoms with Crippen LogP contribution in [0.5, 0.6) is 0 Å². The maximum absolute atomic E-state index is 12.9. The molecule has 7 heteroatoms. The summed E-state index contributed by atoms with van der Waals surface area (Å²) in [4.78, 5) is 30.6. The minimum Gasteiger partial charge on any atom is -0.339 e. The van der Waals surface area contributed by atoms with Gasteiger partial charge in [-0.25, -0.2) is 4.98 Å². The van der Waals surface area contributed by atoms with E-state index in [0.29, 0.717) is 11.5 Å². The molecule has 26 heavy (non-hydrogen) atoms. The molecule has 0 spiro atoms. The van der Waals surface area contributed by atoms with Crippen molar-refractivity contribution in [2.45, 2.75) is 6.92 Å². The number of halogens is 1. The number of hydrogen-bond donors (Lipinski definition) is 1. The lowest BCUT2D eigenvalue weighted by Gasteiger charge is -2.17. The highest BCUT2D eigenvalue weighted by molar-refractivity contribution is 9.10. The van der Waals surface area contributed by atoms with Crippen molar-refractivity contribution in [3.8, 4) is 0 Å². The molecule has 0 aliphatic heterocycles. The van der Waals surface area contributed by atoms with Crippen LogP contribution in [-0.4, -0.2) is 39.9 Å². The third-order valence-electron chi connectivity index (χ3n) is 4.16. The second-order valence-electron chi connectivity index (χ2n) is 6.17. The van der Waals surface area contributed by atoms with Gasteiger partial charge in [-0.1, -0.05) is 18.2 Å². The molecule has 0 aliphatic carbocycles. The van der Waals surface area contributed by atoms with E-state index in [4.69, 9.17) is 0 Å². The van der Waals surface area contributed by atoms with Gasteiger partial charge in [-0.2, -0.15) is 0 Å². The van der Waals surface area contributed by atoms with Crippen LogP contribution < -0.4 is 5.32 Å². The lowest BCUT2D eigenvalue weighted by atomic mass is 10.2. The Bertz CT molecular complexity index is 957. The first kappa shape index (κ1) is 18.1. The van der Waals surface area contributed by atoms with Crippen LogP contribution in [0.3, 0.4) is 0 Å². The van der Waals surface area contributed by atoms with Crippen LogP contribution in [0.1, 0.15) is 16.1 Å². The summed E-state index contributed by atoms with van der Waals surface area (Å²) in [6, 6.07) is 11.4. The minimum absolute atomic E-state index is 0.0670. The fourth-order valence-electron chi connectivity index (χ4n) is 2.84. The monoisotopic (exact) mass is 414 g/mol. The van der Waals surface area contributed by atoms with E-state index in [1.165, 1.54) is 4.90 Å². The average Bonchev–Trinajstić information content (AvgIpc) is 2.85. The number of pyridine rings is 1. The molecule has 2 heterocycles. The molecular weight excluding hydrogens is 396 g/mol. The number of fused-ring (bicyclic) bond motifs is 1. The van der Waals surface area contributed by atoms with Crippen molar-refractivity contribution in [1.82, 2.24) is 14.5 Å².